The predicted molar refractivity (Wildman–Crippen MR) is 72.9 cm³/mol. The number of carbonyl (C=O) groups is 1. The van der Waals surface area contributed by atoms with E-state index in [0.717, 1.165) is 9.75 Å². The molecule has 1 aromatic rings. The van der Waals surface area contributed by atoms with Crippen molar-refractivity contribution < 1.29 is 18.3 Å². The Labute approximate surface area is 116 Å². The van der Waals surface area contributed by atoms with Crippen LogP contribution < -0.4 is 0 Å². The van der Waals surface area contributed by atoms with Crippen LogP contribution in [-0.2, 0) is 14.8 Å². The molecule has 0 bridgehead atoms. The third-order valence-corrected chi connectivity index (χ3v) is 6.43. The fourth-order valence-corrected chi connectivity index (χ4v) is 5.41. The van der Waals surface area contributed by atoms with Gasteiger partial charge in [-0.25, -0.2) is 8.42 Å². The van der Waals surface area contributed by atoms with Gasteiger partial charge in [-0.2, -0.15) is 4.31 Å². The fourth-order valence-electron chi connectivity index (χ4n) is 2.36. The van der Waals surface area contributed by atoms with Crippen LogP contribution in [0.1, 0.15) is 22.6 Å². The van der Waals surface area contributed by atoms with Crippen molar-refractivity contribution in [1.29, 1.82) is 0 Å². The quantitative estimate of drug-likeness (QED) is 0.924. The van der Waals surface area contributed by atoms with E-state index in [2.05, 4.69) is 0 Å². The number of aryl methyl sites for hydroxylation is 2. The van der Waals surface area contributed by atoms with Gasteiger partial charge >= 0.3 is 5.97 Å². The zero-order valence-electron chi connectivity index (χ0n) is 10.9. The molecule has 5 nitrogen and oxygen atoms in total. The lowest BCUT2D eigenvalue weighted by Crippen LogP contribution is -2.42. The van der Waals surface area contributed by atoms with Crippen LogP contribution >= 0.6 is 11.3 Å². The molecule has 0 spiro atoms. The van der Waals surface area contributed by atoms with Crippen molar-refractivity contribution in [2.45, 2.75) is 31.6 Å². The van der Waals surface area contributed by atoms with Gasteiger partial charge in [-0.05, 0) is 32.8 Å². The van der Waals surface area contributed by atoms with Gasteiger partial charge in [0.1, 0.15) is 0 Å². The van der Waals surface area contributed by atoms with E-state index in [4.69, 9.17) is 5.11 Å². The number of aliphatic carboxylic acids is 1. The van der Waals surface area contributed by atoms with E-state index in [-0.39, 0.29) is 6.54 Å². The van der Waals surface area contributed by atoms with Gasteiger partial charge in [0, 0.05) is 22.8 Å². The minimum absolute atomic E-state index is 0.0754. The number of hydrogen-bond donors (Lipinski definition) is 1. The standard InChI is InChI=1S/C12H17NO4S2/c1-8-6-11(9(2)18-8)19(16,17)13-5-3-4-10(7-13)12(14)15/h6,10H,3-5,7H2,1-2H3,(H,14,15). The molecule has 19 heavy (non-hydrogen) atoms. The van der Waals surface area contributed by atoms with E-state index in [0.29, 0.717) is 24.3 Å². The first kappa shape index (κ1) is 14.5. The lowest BCUT2D eigenvalue weighted by molar-refractivity contribution is -0.142. The summed E-state index contributed by atoms with van der Waals surface area (Å²) < 4.78 is 26.4. The highest BCUT2D eigenvalue weighted by molar-refractivity contribution is 7.89. The van der Waals surface area contributed by atoms with Crippen LogP contribution in [0, 0.1) is 19.8 Å². The van der Waals surface area contributed by atoms with Crippen molar-refractivity contribution in [3.63, 3.8) is 0 Å². The van der Waals surface area contributed by atoms with E-state index in [1.807, 2.05) is 6.92 Å². The van der Waals surface area contributed by atoms with Gasteiger partial charge in [0.2, 0.25) is 10.0 Å². The molecular formula is C12H17NO4S2. The molecule has 0 amide bonds. The van der Waals surface area contributed by atoms with E-state index < -0.39 is 21.9 Å². The summed E-state index contributed by atoms with van der Waals surface area (Å²) in [7, 11) is -3.56. The Morgan fingerprint density at radius 1 is 1.47 bits per heavy atom. The van der Waals surface area contributed by atoms with Crippen LogP contribution in [0.4, 0.5) is 0 Å². The second-order valence-corrected chi connectivity index (χ2v) is 8.18. The fraction of sp³-hybridized carbons (Fsp3) is 0.583. The Morgan fingerprint density at radius 3 is 2.68 bits per heavy atom. The number of carboxylic acid groups (broad SMARTS) is 1. The summed E-state index contributed by atoms with van der Waals surface area (Å²) in [4.78, 5) is 13.0. The number of sulfonamides is 1. The van der Waals surface area contributed by atoms with Crippen LogP contribution in [-0.4, -0.2) is 36.9 Å². The molecule has 1 atom stereocenters. The average molecular weight is 303 g/mol. The van der Waals surface area contributed by atoms with Gasteiger partial charge in [0.05, 0.1) is 10.8 Å². The van der Waals surface area contributed by atoms with Gasteiger partial charge in [0.15, 0.2) is 0 Å². The molecule has 0 aliphatic carbocycles. The molecule has 0 saturated carbocycles. The molecule has 1 aliphatic rings. The third kappa shape index (κ3) is 2.82. The molecule has 2 heterocycles. The highest BCUT2D eigenvalue weighted by atomic mass is 32.2. The highest BCUT2D eigenvalue weighted by Crippen LogP contribution is 2.30. The Bertz CT molecular complexity index is 591. The summed E-state index contributed by atoms with van der Waals surface area (Å²) in [5.74, 6) is -1.51. The number of carboxylic acids is 1. The van der Waals surface area contributed by atoms with E-state index >= 15 is 0 Å². The smallest absolute Gasteiger partial charge is 0.307 e. The average Bonchev–Trinajstić information content (AvgIpc) is 2.69. The molecule has 1 fully saturated rings. The SMILES string of the molecule is Cc1cc(S(=O)(=O)N2CCCC(C(=O)O)C2)c(C)s1. The summed E-state index contributed by atoms with van der Waals surface area (Å²) in [6.45, 7) is 4.13. The topological polar surface area (TPSA) is 74.7 Å². The largest absolute Gasteiger partial charge is 0.481 e. The Balaban J connectivity index is 2.29. The first-order valence-corrected chi connectivity index (χ1v) is 8.38. The molecule has 0 aromatic carbocycles. The van der Waals surface area contributed by atoms with Crippen molar-refractivity contribution in [3.8, 4) is 0 Å². The number of nitrogens with zero attached hydrogens (tertiary/aromatic N) is 1. The third-order valence-electron chi connectivity index (χ3n) is 3.35. The molecule has 1 saturated heterocycles. The van der Waals surface area contributed by atoms with Crippen LogP contribution in [0.25, 0.3) is 0 Å². The van der Waals surface area contributed by atoms with Crippen molar-refractivity contribution in [3.05, 3.63) is 15.8 Å². The molecule has 0 radical (unpaired) electrons. The normalized spacial score (nSPS) is 21.5. The van der Waals surface area contributed by atoms with Gasteiger partial charge < -0.3 is 5.11 Å². The maximum Gasteiger partial charge on any atom is 0.307 e. The molecule has 106 valence electrons. The van der Waals surface area contributed by atoms with Crippen molar-refractivity contribution in [2.24, 2.45) is 5.92 Å². The first-order chi connectivity index (χ1) is 8.82. The molecule has 2 rings (SSSR count). The minimum atomic E-state index is -3.56. The maximum absolute atomic E-state index is 12.5. The first-order valence-electron chi connectivity index (χ1n) is 6.12. The van der Waals surface area contributed by atoms with Crippen molar-refractivity contribution in [1.82, 2.24) is 4.31 Å². The monoisotopic (exact) mass is 303 g/mol. The lowest BCUT2D eigenvalue weighted by Gasteiger charge is -2.29. The number of rotatable bonds is 3. The molecule has 7 heteroatoms. The van der Waals surface area contributed by atoms with Crippen molar-refractivity contribution in [2.75, 3.05) is 13.1 Å². The Hall–Kier alpha value is -0.920. The molecule has 1 N–H and O–H groups in total. The van der Waals surface area contributed by atoms with Crippen LogP contribution in [0.5, 0.6) is 0 Å². The van der Waals surface area contributed by atoms with Crippen LogP contribution in [0.3, 0.4) is 0 Å². The molecular weight excluding hydrogens is 286 g/mol. The summed E-state index contributed by atoms with van der Waals surface area (Å²) in [5.41, 5.74) is 0. The predicted octanol–water partition coefficient (Wildman–Crippen LogP) is 1.85. The summed E-state index contributed by atoms with van der Waals surface area (Å²) >= 11 is 1.45. The summed E-state index contributed by atoms with van der Waals surface area (Å²) in [5, 5.41) is 9.03. The van der Waals surface area contributed by atoms with E-state index in [1.54, 1.807) is 13.0 Å². The van der Waals surface area contributed by atoms with E-state index in [1.165, 1.54) is 15.6 Å². The summed E-state index contributed by atoms with van der Waals surface area (Å²) in [6.07, 6.45) is 1.14. The zero-order chi connectivity index (χ0) is 14.2. The van der Waals surface area contributed by atoms with Crippen LogP contribution in [0.15, 0.2) is 11.0 Å². The second kappa shape index (κ2) is 5.22. The molecule has 1 aliphatic heterocycles. The Kier molecular flexibility index (Phi) is 3.98. The van der Waals surface area contributed by atoms with Crippen LogP contribution in [0.2, 0.25) is 0 Å². The van der Waals surface area contributed by atoms with Crippen molar-refractivity contribution >= 4 is 27.3 Å². The molecule has 1 aromatic heterocycles. The van der Waals surface area contributed by atoms with Gasteiger partial charge in [-0.15, -0.1) is 11.3 Å². The Morgan fingerprint density at radius 2 is 2.16 bits per heavy atom. The lowest BCUT2D eigenvalue weighted by atomic mass is 10.0. The second-order valence-electron chi connectivity index (χ2n) is 4.82. The minimum Gasteiger partial charge on any atom is -0.481 e. The molecule has 1 unspecified atom stereocenters. The summed E-state index contributed by atoms with van der Waals surface area (Å²) in [6, 6.07) is 1.67. The van der Waals surface area contributed by atoms with E-state index in [9.17, 15) is 13.2 Å². The zero-order valence-corrected chi connectivity index (χ0v) is 12.6. The number of piperidine rings is 1. The number of thiophene rings is 1. The maximum atomic E-state index is 12.5. The number of hydrogen-bond acceptors (Lipinski definition) is 4. The van der Waals surface area contributed by atoms with Gasteiger partial charge in [0.25, 0.3) is 0 Å². The van der Waals surface area contributed by atoms with Gasteiger partial charge in [-0.3, -0.25) is 4.79 Å². The highest BCUT2D eigenvalue weighted by Gasteiger charge is 2.34. The van der Waals surface area contributed by atoms with Gasteiger partial charge in [-0.1, -0.05) is 0 Å².